The molecule has 4 amide bonds. The van der Waals surface area contributed by atoms with Crippen LogP contribution in [-0.4, -0.2) is 95.5 Å². The topological polar surface area (TPSA) is 116 Å². The fraction of sp³-hybridized carbons (Fsp3) is 0.512. The van der Waals surface area contributed by atoms with Crippen LogP contribution in [0.4, 0.5) is 21.0 Å². The lowest BCUT2D eigenvalue weighted by atomic mass is 10.0. The Morgan fingerprint density at radius 3 is 1.58 bits per heavy atom. The largest absolute Gasteiger partial charge is 0.496 e. The summed E-state index contributed by atoms with van der Waals surface area (Å²) in [6.45, 7) is 8.57. The Kier molecular flexibility index (Phi) is 18.6. The van der Waals surface area contributed by atoms with Crippen molar-refractivity contribution in [2.75, 3.05) is 84.3 Å². The van der Waals surface area contributed by atoms with Gasteiger partial charge in [0.2, 0.25) is 0 Å². The molecule has 53 heavy (non-hydrogen) atoms. The number of urea groups is 2. The van der Waals surface area contributed by atoms with Gasteiger partial charge in [-0.25, -0.2) is 9.59 Å². The lowest BCUT2D eigenvalue weighted by Gasteiger charge is -2.26. The first-order chi connectivity index (χ1) is 25.9. The number of amides is 4. The summed E-state index contributed by atoms with van der Waals surface area (Å²) in [5.41, 5.74) is 3.27. The summed E-state index contributed by atoms with van der Waals surface area (Å²) in [6.07, 6.45) is 12.3. The molecule has 2 heterocycles. The number of nitrogens with one attached hydrogen (secondary N) is 4. The van der Waals surface area contributed by atoms with Crippen molar-refractivity contribution in [3.05, 3.63) is 65.1 Å². The van der Waals surface area contributed by atoms with E-state index < -0.39 is 0 Å². The minimum atomic E-state index is -0.194. The Morgan fingerprint density at radius 2 is 1.06 bits per heavy atom. The van der Waals surface area contributed by atoms with Gasteiger partial charge in [0.1, 0.15) is 17.2 Å². The van der Waals surface area contributed by atoms with Gasteiger partial charge in [0.25, 0.3) is 0 Å². The number of carbonyl (C=O) groups is 2. The number of para-hydroxylation sites is 1. The van der Waals surface area contributed by atoms with Crippen LogP contribution >= 0.6 is 15.9 Å². The molecule has 3 aromatic carbocycles. The molecule has 0 atom stereocenters. The summed E-state index contributed by atoms with van der Waals surface area (Å²) in [4.78, 5) is 29.2. The van der Waals surface area contributed by atoms with Gasteiger partial charge >= 0.3 is 12.1 Å². The quantitative estimate of drug-likeness (QED) is 0.107. The lowest BCUT2D eigenvalue weighted by Crippen LogP contribution is -2.32. The summed E-state index contributed by atoms with van der Waals surface area (Å²) >= 11 is 3.39. The molecule has 0 bridgehead atoms. The number of methoxy groups -OCH3 is 3. The van der Waals surface area contributed by atoms with Gasteiger partial charge in [0.05, 0.1) is 25.8 Å². The van der Waals surface area contributed by atoms with Crippen molar-refractivity contribution in [1.29, 1.82) is 0 Å². The number of carbonyl (C=O) groups excluding carboxylic acids is 2. The van der Waals surface area contributed by atoms with Crippen molar-refractivity contribution in [2.24, 2.45) is 0 Å². The number of likely N-dealkylation sites (tertiary alicyclic amines) is 2. The van der Waals surface area contributed by atoms with E-state index in [4.69, 9.17) is 14.2 Å². The molecular weight excluding hydrogens is 736 g/mol. The number of unbranched alkanes of at least 4 members (excludes halogenated alkanes) is 2. The number of benzene rings is 3. The summed E-state index contributed by atoms with van der Waals surface area (Å²) in [7, 11) is 4.88. The summed E-state index contributed by atoms with van der Waals surface area (Å²) in [6, 6.07) is 18.6. The van der Waals surface area contributed by atoms with Crippen molar-refractivity contribution in [3.63, 3.8) is 0 Å². The molecule has 2 saturated heterocycles. The van der Waals surface area contributed by atoms with Gasteiger partial charge in [0, 0.05) is 47.7 Å². The van der Waals surface area contributed by atoms with Gasteiger partial charge in [-0.3, -0.25) is 0 Å². The number of rotatable bonds is 16. The summed E-state index contributed by atoms with van der Waals surface area (Å²) in [5.74, 6) is 2.15. The monoisotopic (exact) mass is 794 g/mol. The Balaban J connectivity index is 0.000000245. The number of hydrogen-bond donors (Lipinski definition) is 4. The maximum absolute atomic E-state index is 12.2. The number of halogens is 1. The van der Waals surface area contributed by atoms with Gasteiger partial charge in [-0.15, -0.1) is 0 Å². The van der Waals surface area contributed by atoms with Gasteiger partial charge in [-0.1, -0.05) is 31.0 Å². The van der Waals surface area contributed by atoms with E-state index in [2.05, 4.69) is 47.0 Å². The molecule has 0 radical (unpaired) electrons. The van der Waals surface area contributed by atoms with E-state index in [1.165, 1.54) is 64.7 Å². The van der Waals surface area contributed by atoms with Crippen LogP contribution in [0.3, 0.4) is 0 Å². The fourth-order valence-electron chi connectivity index (χ4n) is 6.64. The molecule has 0 unspecified atom stereocenters. The SMILES string of the molecule is COc1cc(NC(=O)NCCCCN2CCCCC2)ccc1Br.COc1ccccc1-c1ccc(NC(=O)NCCCCN2CCCCC2)cc1OC. The van der Waals surface area contributed by atoms with E-state index in [9.17, 15) is 9.59 Å². The van der Waals surface area contributed by atoms with E-state index >= 15 is 0 Å². The van der Waals surface area contributed by atoms with Crippen LogP contribution in [0, 0.1) is 0 Å². The molecular formula is C41H59BrN6O5. The molecule has 0 aliphatic carbocycles. The van der Waals surface area contributed by atoms with E-state index in [0.29, 0.717) is 30.3 Å². The van der Waals surface area contributed by atoms with Crippen LogP contribution in [0.25, 0.3) is 11.1 Å². The highest BCUT2D eigenvalue weighted by Gasteiger charge is 2.14. The number of nitrogens with zero attached hydrogens (tertiary/aromatic N) is 2. The van der Waals surface area contributed by atoms with Crippen LogP contribution in [-0.2, 0) is 0 Å². The van der Waals surface area contributed by atoms with Crippen LogP contribution in [0.1, 0.15) is 64.2 Å². The summed E-state index contributed by atoms with van der Waals surface area (Å²) < 4.78 is 17.1. The van der Waals surface area contributed by atoms with Crippen molar-refractivity contribution in [3.8, 4) is 28.4 Å². The smallest absolute Gasteiger partial charge is 0.319 e. The summed E-state index contributed by atoms with van der Waals surface area (Å²) in [5, 5.41) is 11.6. The standard InChI is InChI=1S/C24H33N3O3.C17H26BrN3O2/c1-29-22-11-5-4-10-20(22)21-13-12-19(18-23(21)30-2)26-24(28)25-14-6-9-17-27-15-7-3-8-16-27;1-23-16-13-14(7-8-15(16)18)20-17(22)19-9-3-6-12-21-10-4-2-5-11-21/h4-5,10-13,18H,3,6-9,14-17H2,1-2H3,(H2,25,26,28);7-8,13H,2-6,9-12H2,1H3,(H2,19,20,22). The van der Waals surface area contributed by atoms with Gasteiger partial charge in [0.15, 0.2) is 0 Å². The Hall–Kier alpha value is -4.00. The zero-order chi connectivity index (χ0) is 37.7. The molecule has 290 valence electrons. The van der Waals surface area contributed by atoms with Crippen LogP contribution in [0.5, 0.6) is 17.2 Å². The highest BCUT2D eigenvalue weighted by Crippen LogP contribution is 2.37. The molecule has 2 fully saturated rings. The number of anilines is 2. The molecule has 2 aliphatic heterocycles. The molecule has 11 nitrogen and oxygen atoms in total. The van der Waals surface area contributed by atoms with E-state index in [1.54, 1.807) is 27.4 Å². The average Bonchev–Trinajstić information content (AvgIpc) is 3.19. The second-order valence-corrected chi connectivity index (χ2v) is 14.3. The molecule has 12 heteroatoms. The minimum absolute atomic E-state index is 0.174. The van der Waals surface area contributed by atoms with Gasteiger partial charge in [-0.05, 0) is 137 Å². The lowest BCUT2D eigenvalue weighted by molar-refractivity contribution is 0.224. The van der Waals surface area contributed by atoms with E-state index in [-0.39, 0.29) is 12.1 Å². The first kappa shape index (κ1) is 41.8. The van der Waals surface area contributed by atoms with Crippen molar-refractivity contribution < 1.29 is 23.8 Å². The molecule has 3 aromatic rings. The predicted molar refractivity (Wildman–Crippen MR) is 219 cm³/mol. The highest BCUT2D eigenvalue weighted by molar-refractivity contribution is 9.10. The molecule has 5 rings (SSSR count). The van der Waals surface area contributed by atoms with Crippen molar-refractivity contribution in [2.45, 2.75) is 64.2 Å². The number of piperidine rings is 2. The highest BCUT2D eigenvalue weighted by atomic mass is 79.9. The van der Waals surface area contributed by atoms with Gasteiger partial charge < -0.3 is 45.3 Å². The fourth-order valence-corrected chi connectivity index (χ4v) is 7.05. The predicted octanol–water partition coefficient (Wildman–Crippen LogP) is 8.60. The zero-order valence-corrected chi connectivity index (χ0v) is 33.4. The average molecular weight is 796 g/mol. The zero-order valence-electron chi connectivity index (χ0n) is 31.8. The first-order valence-corrected chi connectivity index (χ1v) is 19.9. The normalized spacial score (nSPS) is 14.6. The molecule has 0 saturated carbocycles. The third-order valence-corrected chi connectivity index (χ3v) is 10.2. The molecule has 0 aromatic heterocycles. The maximum atomic E-state index is 12.2. The second-order valence-electron chi connectivity index (χ2n) is 13.4. The van der Waals surface area contributed by atoms with Crippen LogP contribution in [0.15, 0.2) is 65.1 Å². The minimum Gasteiger partial charge on any atom is -0.496 e. The second kappa shape index (κ2) is 23.6. The van der Waals surface area contributed by atoms with Crippen molar-refractivity contribution >= 4 is 39.4 Å². The third-order valence-electron chi connectivity index (χ3n) is 9.54. The number of hydrogen-bond acceptors (Lipinski definition) is 7. The Bertz CT molecular complexity index is 1550. The Labute approximate surface area is 324 Å². The van der Waals surface area contributed by atoms with E-state index in [1.807, 2.05) is 54.6 Å². The van der Waals surface area contributed by atoms with Crippen LogP contribution < -0.4 is 35.5 Å². The molecule has 2 aliphatic rings. The third kappa shape index (κ3) is 14.7. The number of ether oxygens (including phenoxy) is 3. The molecule has 4 N–H and O–H groups in total. The maximum Gasteiger partial charge on any atom is 0.319 e. The first-order valence-electron chi connectivity index (χ1n) is 19.1. The Morgan fingerprint density at radius 1 is 0.585 bits per heavy atom. The van der Waals surface area contributed by atoms with E-state index in [0.717, 1.165) is 65.8 Å². The van der Waals surface area contributed by atoms with Crippen LogP contribution in [0.2, 0.25) is 0 Å². The van der Waals surface area contributed by atoms with Crippen molar-refractivity contribution in [1.82, 2.24) is 20.4 Å². The molecule has 0 spiro atoms. The van der Waals surface area contributed by atoms with Gasteiger partial charge in [-0.2, -0.15) is 0 Å².